The number of hydrogen-bond donors (Lipinski definition) is 0. The van der Waals surface area contributed by atoms with Crippen LogP contribution in [0.4, 0.5) is 0 Å². The van der Waals surface area contributed by atoms with Crippen molar-refractivity contribution in [2.75, 3.05) is 0 Å². The Morgan fingerprint density at radius 3 is 1.88 bits per heavy atom. The largest absolute Gasteiger partial charge is 0.0649 e. The van der Waals surface area contributed by atoms with Crippen molar-refractivity contribution in [3.05, 3.63) is 34.4 Å². The van der Waals surface area contributed by atoms with E-state index in [1.54, 1.807) is 5.56 Å². The third kappa shape index (κ3) is 2.48. The van der Waals surface area contributed by atoms with Gasteiger partial charge >= 0.3 is 0 Å². The second-order valence-corrected chi connectivity index (χ2v) is 5.88. The molecule has 16 heavy (non-hydrogen) atoms. The molecule has 0 saturated carbocycles. The van der Waals surface area contributed by atoms with Crippen LogP contribution in [0.1, 0.15) is 62.3 Å². The van der Waals surface area contributed by atoms with Crippen molar-refractivity contribution in [1.29, 1.82) is 0 Å². The van der Waals surface area contributed by atoms with Crippen LogP contribution in [-0.4, -0.2) is 0 Å². The van der Waals surface area contributed by atoms with E-state index >= 15 is 0 Å². The minimum absolute atomic E-state index is 0.380. The van der Waals surface area contributed by atoms with Crippen LogP contribution in [0.2, 0.25) is 0 Å². The molecule has 1 aromatic rings. The smallest absolute Gasteiger partial charge is 0.0134 e. The molecule has 0 amide bonds. The van der Waals surface area contributed by atoms with E-state index in [0.717, 1.165) is 0 Å². The van der Waals surface area contributed by atoms with Crippen molar-refractivity contribution >= 4 is 0 Å². The molecule has 1 atom stereocenters. The molecule has 1 rings (SSSR count). The maximum atomic E-state index is 2.37. The van der Waals surface area contributed by atoms with Crippen LogP contribution in [0.5, 0.6) is 0 Å². The maximum Gasteiger partial charge on any atom is -0.0134 e. The molecule has 0 heteroatoms. The zero-order chi connectivity index (χ0) is 12.5. The molecule has 0 saturated heterocycles. The lowest BCUT2D eigenvalue weighted by Gasteiger charge is -2.33. The van der Waals surface area contributed by atoms with Crippen LogP contribution in [-0.2, 0) is 0 Å². The average Bonchev–Trinajstić information content (AvgIpc) is 2.15. The van der Waals surface area contributed by atoms with Gasteiger partial charge in [0, 0.05) is 0 Å². The SMILES string of the molecule is CCC(C)(C)C(C)c1c(C)cc(C)cc1C. The molecule has 0 aliphatic carbocycles. The Hall–Kier alpha value is -0.780. The van der Waals surface area contributed by atoms with Gasteiger partial charge in [0.15, 0.2) is 0 Å². The summed E-state index contributed by atoms with van der Waals surface area (Å²) < 4.78 is 0. The highest BCUT2D eigenvalue weighted by atomic mass is 14.3. The molecule has 0 heterocycles. The predicted octanol–water partition coefficient (Wildman–Crippen LogP) is 5.15. The molecule has 0 radical (unpaired) electrons. The summed E-state index contributed by atoms with van der Waals surface area (Å²) in [6.45, 7) is 16.1. The topological polar surface area (TPSA) is 0 Å². The first-order valence-electron chi connectivity index (χ1n) is 6.37. The highest BCUT2D eigenvalue weighted by Crippen LogP contribution is 2.40. The van der Waals surface area contributed by atoms with Gasteiger partial charge in [0.1, 0.15) is 0 Å². The van der Waals surface area contributed by atoms with Gasteiger partial charge in [-0.3, -0.25) is 0 Å². The van der Waals surface area contributed by atoms with E-state index in [1.807, 2.05) is 0 Å². The summed E-state index contributed by atoms with van der Waals surface area (Å²) in [6.07, 6.45) is 1.22. The average molecular weight is 218 g/mol. The van der Waals surface area contributed by atoms with Gasteiger partial charge in [-0.15, -0.1) is 0 Å². The van der Waals surface area contributed by atoms with E-state index in [0.29, 0.717) is 11.3 Å². The fourth-order valence-electron chi connectivity index (χ4n) is 2.57. The van der Waals surface area contributed by atoms with Crippen LogP contribution in [0.25, 0.3) is 0 Å². The molecule has 1 aromatic carbocycles. The molecule has 0 spiro atoms. The van der Waals surface area contributed by atoms with Crippen molar-refractivity contribution in [3.8, 4) is 0 Å². The minimum Gasteiger partial charge on any atom is -0.0649 e. The fraction of sp³-hybridized carbons (Fsp3) is 0.625. The Kier molecular flexibility index (Phi) is 3.83. The van der Waals surface area contributed by atoms with Gasteiger partial charge < -0.3 is 0 Å². The van der Waals surface area contributed by atoms with E-state index in [9.17, 15) is 0 Å². The Bertz CT molecular complexity index is 349. The highest BCUT2D eigenvalue weighted by molar-refractivity contribution is 5.40. The van der Waals surface area contributed by atoms with Gasteiger partial charge in [-0.1, -0.05) is 51.8 Å². The summed E-state index contributed by atoms with van der Waals surface area (Å²) in [5.41, 5.74) is 6.21. The lowest BCUT2D eigenvalue weighted by atomic mass is 9.72. The van der Waals surface area contributed by atoms with E-state index in [1.165, 1.54) is 23.1 Å². The Balaban J connectivity index is 3.24. The van der Waals surface area contributed by atoms with E-state index in [2.05, 4.69) is 60.6 Å². The van der Waals surface area contributed by atoms with Crippen molar-refractivity contribution in [3.63, 3.8) is 0 Å². The maximum absolute atomic E-state index is 2.37. The Morgan fingerprint density at radius 1 is 1.06 bits per heavy atom. The zero-order valence-corrected chi connectivity index (χ0v) is 11.9. The summed E-state index contributed by atoms with van der Waals surface area (Å²) in [4.78, 5) is 0. The first-order chi connectivity index (χ1) is 7.29. The van der Waals surface area contributed by atoms with Gasteiger partial charge in [-0.2, -0.15) is 0 Å². The van der Waals surface area contributed by atoms with Crippen LogP contribution in [0, 0.1) is 26.2 Å². The third-order valence-electron chi connectivity index (χ3n) is 4.25. The van der Waals surface area contributed by atoms with Crippen molar-refractivity contribution in [2.45, 2.75) is 60.8 Å². The van der Waals surface area contributed by atoms with Gasteiger partial charge in [0.2, 0.25) is 0 Å². The lowest BCUT2D eigenvalue weighted by molar-refractivity contribution is 0.287. The molecule has 1 unspecified atom stereocenters. The van der Waals surface area contributed by atoms with Crippen molar-refractivity contribution in [2.24, 2.45) is 5.41 Å². The molecule has 0 aliphatic heterocycles. The number of hydrogen-bond acceptors (Lipinski definition) is 0. The van der Waals surface area contributed by atoms with Gasteiger partial charge in [-0.25, -0.2) is 0 Å². The number of benzene rings is 1. The molecule has 0 N–H and O–H groups in total. The van der Waals surface area contributed by atoms with Crippen LogP contribution in [0.3, 0.4) is 0 Å². The second-order valence-electron chi connectivity index (χ2n) is 5.88. The van der Waals surface area contributed by atoms with E-state index in [4.69, 9.17) is 0 Å². The minimum atomic E-state index is 0.380. The summed E-state index contributed by atoms with van der Waals surface area (Å²) in [5.74, 6) is 0.623. The third-order valence-corrected chi connectivity index (χ3v) is 4.25. The first kappa shape index (κ1) is 13.3. The molecule has 0 nitrogen and oxygen atoms in total. The Morgan fingerprint density at radius 2 is 1.50 bits per heavy atom. The standard InChI is InChI=1S/C16H26/c1-8-16(6,7)14(5)15-12(3)9-11(2)10-13(15)4/h9-10,14H,8H2,1-7H3. The predicted molar refractivity (Wildman–Crippen MR) is 73.1 cm³/mol. The normalized spacial score (nSPS) is 13.9. The van der Waals surface area contributed by atoms with E-state index < -0.39 is 0 Å². The molecular formula is C16H26. The molecule has 0 aromatic heterocycles. The van der Waals surface area contributed by atoms with Crippen LogP contribution >= 0.6 is 0 Å². The summed E-state index contributed by atoms with van der Waals surface area (Å²) in [7, 11) is 0. The summed E-state index contributed by atoms with van der Waals surface area (Å²) in [5, 5.41) is 0. The zero-order valence-electron chi connectivity index (χ0n) is 11.9. The van der Waals surface area contributed by atoms with Crippen molar-refractivity contribution in [1.82, 2.24) is 0 Å². The first-order valence-corrected chi connectivity index (χ1v) is 6.37. The molecule has 90 valence electrons. The lowest BCUT2D eigenvalue weighted by Crippen LogP contribution is -2.20. The van der Waals surface area contributed by atoms with Crippen LogP contribution in [0.15, 0.2) is 12.1 Å². The van der Waals surface area contributed by atoms with Gasteiger partial charge in [0.25, 0.3) is 0 Å². The number of aryl methyl sites for hydroxylation is 3. The number of rotatable bonds is 3. The van der Waals surface area contributed by atoms with Gasteiger partial charge in [0.05, 0.1) is 0 Å². The van der Waals surface area contributed by atoms with Crippen LogP contribution < -0.4 is 0 Å². The molecule has 0 fully saturated rings. The van der Waals surface area contributed by atoms with Crippen molar-refractivity contribution < 1.29 is 0 Å². The monoisotopic (exact) mass is 218 g/mol. The van der Waals surface area contributed by atoms with E-state index in [-0.39, 0.29) is 0 Å². The Labute approximate surface area is 101 Å². The quantitative estimate of drug-likeness (QED) is 0.658. The summed E-state index contributed by atoms with van der Waals surface area (Å²) in [6, 6.07) is 4.62. The fourth-order valence-corrected chi connectivity index (χ4v) is 2.57. The van der Waals surface area contributed by atoms with Gasteiger partial charge in [-0.05, 0) is 48.8 Å². The summed E-state index contributed by atoms with van der Waals surface area (Å²) >= 11 is 0. The second kappa shape index (κ2) is 4.61. The molecular weight excluding hydrogens is 192 g/mol. The molecule has 0 bridgehead atoms. The highest BCUT2D eigenvalue weighted by Gasteiger charge is 2.27. The molecule has 0 aliphatic rings.